The predicted octanol–water partition coefficient (Wildman–Crippen LogP) is 1.84. The molecule has 1 fully saturated rings. The number of ether oxygens (including phenoxy) is 1. The molecule has 2 amide bonds. The number of urea groups is 1. The van der Waals surface area contributed by atoms with Crippen LogP contribution >= 0.6 is 0 Å². The number of fused-ring (bicyclic) bond motifs is 2. The minimum Gasteiger partial charge on any atom is -0.379 e. The fraction of sp³-hybridized carbons (Fsp3) is 0.650. The number of hydrogen-bond acceptors (Lipinski definition) is 5. The molecule has 8 heteroatoms. The van der Waals surface area contributed by atoms with Crippen LogP contribution in [-0.4, -0.2) is 57.4 Å². The SMILES string of the molecule is CC(CS(=O)(=O)NC(=O)Nc1c2c(cc3c1CCC3)CCC2)N1CCOCC1. The first-order valence-corrected chi connectivity index (χ1v) is 11.9. The van der Waals surface area contributed by atoms with Crippen LogP contribution in [0.25, 0.3) is 0 Å². The van der Waals surface area contributed by atoms with Gasteiger partial charge in [0.25, 0.3) is 0 Å². The van der Waals surface area contributed by atoms with Crippen LogP contribution in [-0.2, 0) is 40.4 Å². The highest BCUT2D eigenvalue weighted by atomic mass is 32.2. The van der Waals surface area contributed by atoms with Gasteiger partial charge in [-0.15, -0.1) is 0 Å². The number of sulfonamides is 1. The van der Waals surface area contributed by atoms with Crippen molar-refractivity contribution in [1.29, 1.82) is 0 Å². The second kappa shape index (κ2) is 8.00. The highest BCUT2D eigenvalue weighted by Crippen LogP contribution is 2.38. The Morgan fingerprint density at radius 2 is 1.71 bits per heavy atom. The quantitative estimate of drug-likeness (QED) is 0.778. The van der Waals surface area contributed by atoms with Crippen molar-refractivity contribution in [3.05, 3.63) is 28.3 Å². The number of carbonyl (C=O) groups is 1. The van der Waals surface area contributed by atoms with Crippen molar-refractivity contribution in [2.24, 2.45) is 0 Å². The molecule has 0 aromatic heterocycles. The lowest BCUT2D eigenvalue weighted by molar-refractivity contribution is 0.0243. The summed E-state index contributed by atoms with van der Waals surface area (Å²) in [5, 5.41) is 2.89. The van der Waals surface area contributed by atoms with Crippen LogP contribution in [0.15, 0.2) is 6.07 Å². The molecule has 1 atom stereocenters. The molecular weight excluding hydrogens is 378 g/mol. The molecule has 1 aliphatic heterocycles. The smallest absolute Gasteiger partial charge is 0.332 e. The molecule has 28 heavy (non-hydrogen) atoms. The molecule has 1 unspecified atom stereocenters. The number of nitrogens with one attached hydrogen (secondary N) is 2. The number of morpholine rings is 1. The average molecular weight is 408 g/mol. The van der Waals surface area contributed by atoms with E-state index in [4.69, 9.17) is 4.74 Å². The Bertz CT molecular complexity index is 830. The minimum atomic E-state index is -3.72. The van der Waals surface area contributed by atoms with Gasteiger partial charge < -0.3 is 10.1 Å². The van der Waals surface area contributed by atoms with Crippen LogP contribution < -0.4 is 10.0 Å². The van der Waals surface area contributed by atoms with Crippen molar-refractivity contribution >= 4 is 21.7 Å². The van der Waals surface area contributed by atoms with Gasteiger partial charge in [-0.1, -0.05) is 6.07 Å². The van der Waals surface area contributed by atoms with Crippen LogP contribution in [0.5, 0.6) is 0 Å². The van der Waals surface area contributed by atoms with Gasteiger partial charge in [0, 0.05) is 24.8 Å². The molecule has 1 aromatic rings. The lowest BCUT2D eigenvalue weighted by Crippen LogP contribution is -2.47. The fourth-order valence-electron chi connectivity index (χ4n) is 4.73. The van der Waals surface area contributed by atoms with Crippen LogP contribution in [0.4, 0.5) is 10.5 Å². The summed E-state index contributed by atoms with van der Waals surface area (Å²) in [6.07, 6.45) is 6.13. The summed E-state index contributed by atoms with van der Waals surface area (Å²) in [7, 11) is -3.72. The standard InChI is InChI=1S/C20H29N3O4S/c1-14(23-8-10-27-11-9-23)13-28(25,26)22-20(24)21-19-17-6-2-4-15(17)12-16-5-3-7-18(16)19/h12,14H,2-11,13H2,1H3,(H2,21,22,24). The van der Waals surface area contributed by atoms with Gasteiger partial charge in [0.15, 0.2) is 0 Å². The number of carbonyl (C=O) groups excluding carboxylic acids is 1. The summed E-state index contributed by atoms with van der Waals surface area (Å²) >= 11 is 0. The first kappa shape index (κ1) is 19.7. The zero-order valence-electron chi connectivity index (χ0n) is 16.4. The Labute approximate surface area is 166 Å². The predicted molar refractivity (Wildman–Crippen MR) is 108 cm³/mol. The third-order valence-corrected chi connectivity index (χ3v) is 7.51. The van der Waals surface area contributed by atoms with Gasteiger partial charge in [0.05, 0.1) is 19.0 Å². The lowest BCUT2D eigenvalue weighted by atomic mass is 9.99. The molecule has 154 valence electrons. The molecule has 1 aromatic carbocycles. The second-order valence-corrected chi connectivity index (χ2v) is 9.84. The van der Waals surface area contributed by atoms with Gasteiger partial charge in [-0.3, -0.25) is 4.90 Å². The lowest BCUT2D eigenvalue weighted by Gasteiger charge is -2.32. The van der Waals surface area contributed by atoms with Crippen molar-refractivity contribution < 1.29 is 17.9 Å². The van der Waals surface area contributed by atoms with Crippen molar-refractivity contribution in [3.63, 3.8) is 0 Å². The fourth-order valence-corrected chi connectivity index (χ4v) is 5.99. The maximum atomic E-state index is 12.6. The summed E-state index contributed by atoms with van der Waals surface area (Å²) in [6.45, 7) is 4.53. The normalized spacial score (nSPS) is 20.5. The van der Waals surface area contributed by atoms with Crippen LogP contribution in [0.2, 0.25) is 0 Å². The zero-order chi connectivity index (χ0) is 19.7. The Kier molecular flexibility index (Phi) is 5.62. The van der Waals surface area contributed by atoms with Gasteiger partial charge in [-0.25, -0.2) is 17.9 Å². The maximum absolute atomic E-state index is 12.6. The highest BCUT2D eigenvalue weighted by molar-refractivity contribution is 7.90. The zero-order valence-corrected chi connectivity index (χ0v) is 17.2. The summed E-state index contributed by atoms with van der Waals surface area (Å²) in [6, 6.07) is 1.47. The Hall–Kier alpha value is -1.64. The van der Waals surface area contributed by atoms with E-state index in [0.29, 0.717) is 26.3 Å². The first-order chi connectivity index (χ1) is 13.4. The Morgan fingerprint density at radius 1 is 1.11 bits per heavy atom. The van der Waals surface area contributed by atoms with E-state index >= 15 is 0 Å². The Morgan fingerprint density at radius 3 is 2.32 bits per heavy atom. The minimum absolute atomic E-state index is 0.106. The number of aryl methyl sites for hydroxylation is 2. The summed E-state index contributed by atoms with van der Waals surface area (Å²) in [5.74, 6) is -0.106. The maximum Gasteiger partial charge on any atom is 0.332 e. The second-order valence-electron chi connectivity index (χ2n) is 8.07. The topological polar surface area (TPSA) is 87.7 Å². The summed E-state index contributed by atoms with van der Waals surface area (Å²) in [5.41, 5.74) is 5.85. The molecule has 1 heterocycles. The number of nitrogens with zero attached hydrogens (tertiary/aromatic N) is 1. The number of rotatable bonds is 5. The molecule has 3 aliphatic rings. The van der Waals surface area contributed by atoms with Gasteiger partial charge in [0.1, 0.15) is 0 Å². The number of benzene rings is 1. The molecule has 1 saturated heterocycles. The van der Waals surface area contributed by atoms with Crippen molar-refractivity contribution in [2.45, 2.75) is 51.5 Å². The average Bonchev–Trinajstić information content (AvgIpc) is 3.30. The number of anilines is 1. The monoisotopic (exact) mass is 407 g/mol. The van der Waals surface area contributed by atoms with E-state index in [0.717, 1.165) is 44.2 Å². The van der Waals surface area contributed by atoms with Gasteiger partial charge >= 0.3 is 6.03 Å². The molecule has 0 spiro atoms. The third kappa shape index (κ3) is 4.18. The van der Waals surface area contributed by atoms with Gasteiger partial charge in [0.2, 0.25) is 10.0 Å². The molecule has 2 N–H and O–H groups in total. The van der Waals surface area contributed by atoms with E-state index < -0.39 is 16.1 Å². The van der Waals surface area contributed by atoms with E-state index in [-0.39, 0.29) is 11.8 Å². The van der Waals surface area contributed by atoms with E-state index in [1.165, 1.54) is 22.3 Å². The van der Waals surface area contributed by atoms with Crippen LogP contribution in [0, 0.1) is 0 Å². The molecule has 4 rings (SSSR count). The van der Waals surface area contributed by atoms with Gasteiger partial charge in [-0.05, 0) is 67.7 Å². The first-order valence-electron chi connectivity index (χ1n) is 10.2. The van der Waals surface area contributed by atoms with Crippen molar-refractivity contribution in [2.75, 3.05) is 37.4 Å². The Balaban J connectivity index is 1.43. The molecule has 7 nitrogen and oxygen atoms in total. The largest absolute Gasteiger partial charge is 0.379 e. The van der Waals surface area contributed by atoms with Crippen molar-refractivity contribution in [3.8, 4) is 0 Å². The summed E-state index contributed by atoms with van der Waals surface area (Å²) < 4.78 is 32.6. The number of hydrogen-bond donors (Lipinski definition) is 2. The van der Waals surface area contributed by atoms with Gasteiger partial charge in [-0.2, -0.15) is 0 Å². The molecule has 0 radical (unpaired) electrons. The van der Waals surface area contributed by atoms with E-state index in [1.807, 2.05) is 6.92 Å². The van der Waals surface area contributed by atoms with Crippen LogP contribution in [0.1, 0.15) is 42.0 Å². The van der Waals surface area contributed by atoms with E-state index in [2.05, 4.69) is 21.0 Å². The van der Waals surface area contributed by atoms with E-state index in [9.17, 15) is 13.2 Å². The highest BCUT2D eigenvalue weighted by Gasteiger charge is 2.27. The molecule has 0 bridgehead atoms. The van der Waals surface area contributed by atoms with E-state index in [1.54, 1.807) is 0 Å². The molecule has 0 saturated carbocycles. The number of amides is 2. The molecule has 2 aliphatic carbocycles. The molecular formula is C20H29N3O4S. The third-order valence-electron chi connectivity index (χ3n) is 6.09. The van der Waals surface area contributed by atoms with Crippen LogP contribution in [0.3, 0.4) is 0 Å². The summed E-state index contributed by atoms with van der Waals surface area (Å²) in [4.78, 5) is 14.6. The van der Waals surface area contributed by atoms with Crippen molar-refractivity contribution in [1.82, 2.24) is 9.62 Å².